The first-order valence-electron chi connectivity index (χ1n) is 9.00. The van der Waals surface area contributed by atoms with Gasteiger partial charge in [0.2, 0.25) is 0 Å². The average Bonchev–Trinajstić information content (AvgIpc) is 3.06. The Balaban J connectivity index is 0.00000264. The van der Waals surface area contributed by atoms with Gasteiger partial charge >= 0.3 is 0 Å². The molecule has 0 spiro atoms. The summed E-state index contributed by atoms with van der Waals surface area (Å²) in [7, 11) is 0. The Kier molecular flexibility index (Phi) is 10.1. The first-order chi connectivity index (χ1) is 10.7. The van der Waals surface area contributed by atoms with Gasteiger partial charge in [0, 0.05) is 19.7 Å². The highest BCUT2D eigenvalue weighted by molar-refractivity contribution is 5.85. The second-order valence-electron chi connectivity index (χ2n) is 6.48. The number of nitrogens with two attached hydrogens (primary N) is 1. The molecule has 1 saturated heterocycles. The molecule has 1 aliphatic carbocycles. The van der Waals surface area contributed by atoms with Gasteiger partial charge in [-0.25, -0.2) is 0 Å². The number of carbonyl (C=O) groups excluding carboxylic acids is 1. The second kappa shape index (κ2) is 11.2. The van der Waals surface area contributed by atoms with Crippen LogP contribution in [0.4, 0.5) is 0 Å². The van der Waals surface area contributed by atoms with Crippen molar-refractivity contribution in [3.63, 3.8) is 0 Å². The molecule has 1 saturated carbocycles. The van der Waals surface area contributed by atoms with Crippen molar-refractivity contribution in [3.05, 3.63) is 0 Å². The highest BCUT2D eigenvalue weighted by atomic mass is 35.5. The Bertz CT molecular complexity index is 330. The fourth-order valence-electron chi connectivity index (χ4n) is 3.37. The molecule has 1 aliphatic heterocycles. The monoisotopic (exact) mass is 348 g/mol. The second-order valence-corrected chi connectivity index (χ2v) is 6.48. The van der Waals surface area contributed by atoms with Gasteiger partial charge in [0.25, 0.3) is 5.91 Å². The van der Waals surface area contributed by atoms with E-state index in [-0.39, 0.29) is 30.5 Å². The molecule has 5 nitrogen and oxygen atoms in total. The third-order valence-corrected chi connectivity index (χ3v) is 4.76. The summed E-state index contributed by atoms with van der Waals surface area (Å²) < 4.78 is 11.8. The van der Waals surface area contributed by atoms with Crippen LogP contribution in [0.5, 0.6) is 0 Å². The molecular weight excluding hydrogens is 316 g/mol. The van der Waals surface area contributed by atoms with E-state index in [1.165, 1.54) is 12.8 Å². The zero-order valence-corrected chi connectivity index (χ0v) is 15.2. The predicted molar refractivity (Wildman–Crippen MR) is 93.9 cm³/mol. The van der Waals surface area contributed by atoms with Crippen LogP contribution in [-0.4, -0.2) is 55.4 Å². The van der Waals surface area contributed by atoms with E-state index in [4.69, 9.17) is 15.2 Å². The summed E-state index contributed by atoms with van der Waals surface area (Å²) in [6, 6.07) is 0. The number of hydrogen-bond donors (Lipinski definition) is 1. The molecule has 1 atom stereocenters. The number of rotatable bonds is 8. The Hall–Kier alpha value is -0.360. The lowest BCUT2D eigenvalue weighted by Crippen LogP contribution is -2.46. The molecule has 0 bridgehead atoms. The maximum Gasteiger partial charge on any atom is 0.251 e. The highest BCUT2D eigenvalue weighted by Crippen LogP contribution is 2.24. The Morgan fingerprint density at radius 3 is 2.39 bits per heavy atom. The third-order valence-electron chi connectivity index (χ3n) is 4.76. The van der Waals surface area contributed by atoms with Gasteiger partial charge < -0.3 is 20.1 Å². The summed E-state index contributed by atoms with van der Waals surface area (Å²) in [6.07, 6.45) is 8.56. The van der Waals surface area contributed by atoms with Crippen LogP contribution in [0.1, 0.15) is 58.3 Å². The molecule has 2 N–H and O–H groups in total. The molecule has 2 aliphatic rings. The molecule has 0 aromatic rings. The molecule has 1 unspecified atom stereocenters. The van der Waals surface area contributed by atoms with E-state index in [0.717, 1.165) is 58.2 Å². The maximum absolute atomic E-state index is 12.6. The van der Waals surface area contributed by atoms with Crippen molar-refractivity contribution < 1.29 is 14.3 Å². The lowest BCUT2D eigenvalue weighted by molar-refractivity contribution is -0.150. The van der Waals surface area contributed by atoms with E-state index in [1.54, 1.807) is 0 Å². The smallest absolute Gasteiger partial charge is 0.251 e. The number of carbonyl (C=O) groups is 1. The molecule has 23 heavy (non-hydrogen) atoms. The van der Waals surface area contributed by atoms with Gasteiger partial charge in [-0.1, -0.05) is 19.8 Å². The van der Waals surface area contributed by atoms with Gasteiger partial charge in [-0.3, -0.25) is 4.79 Å². The largest absolute Gasteiger partial charge is 0.378 e. The van der Waals surface area contributed by atoms with Gasteiger partial charge in [0.1, 0.15) is 6.10 Å². The topological polar surface area (TPSA) is 64.8 Å². The first-order valence-corrected chi connectivity index (χ1v) is 9.00. The zero-order valence-electron chi connectivity index (χ0n) is 14.4. The normalized spacial score (nSPS) is 21.2. The van der Waals surface area contributed by atoms with Crippen molar-refractivity contribution in [1.29, 1.82) is 0 Å². The van der Waals surface area contributed by atoms with E-state index < -0.39 is 0 Å². The predicted octanol–water partition coefficient (Wildman–Crippen LogP) is 2.50. The van der Waals surface area contributed by atoms with E-state index in [2.05, 4.69) is 0 Å². The van der Waals surface area contributed by atoms with Gasteiger partial charge in [-0.05, 0) is 45.1 Å². The minimum atomic E-state index is -0.252. The SMILES string of the molecule is CCC(OC1CCCC1)C(=O)N1CCC(OCCCN)CC1.Cl. The summed E-state index contributed by atoms with van der Waals surface area (Å²) in [4.78, 5) is 14.6. The average molecular weight is 349 g/mol. The van der Waals surface area contributed by atoms with E-state index in [9.17, 15) is 4.79 Å². The quantitative estimate of drug-likeness (QED) is 0.684. The Morgan fingerprint density at radius 1 is 1.17 bits per heavy atom. The summed E-state index contributed by atoms with van der Waals surface area (Å²) in [5, 5.41) is 0. The summed E-state index contributed by atoms with van der Waals surface area (Å²) >= 11 is 0. The van der Waals surface area contributed by atoms with Crippen molar-refractivity contribution in [2.24, 2.45) is 5.73 Å². The molecule has 0 aromatic carbocycles. The Labute approximate surface area is 146 Å². The van der Waals surface area contributed by atoms with Crippen molar-refractivity contribution >= 4 is 18.3 Å². The molecule has 1 heterocycles. The molecule has 1 amide bonds. The van der Waals surface area contributed by atoms with Crippen LogP contribution in [-0.2, 0) is 14.3 Å². The standard InChI is InChI=1S/C17H32N2O3.ClH/c1-2-16(22-15-6-3-4-7-15)17(20)19-11-8-14(9-12-19)21-13-5-10-18;/h14-16H,2-13,18H2,1H3;1H. The van der Waals surface area contributed by atoms with Crippen LogP contribution < -0.4 is 5.73 Å². The minimum absolute atomic E-state index is 0. The van der Waals surface area contributed by atoms with Crippen LogP contribution in [0.3, 0.4) is 0 Å². The van der Waals surface area contributed by atoms with Crippen molar-refractivity contribution in [2.45, 2.75) is 76.6 Å². The third kappa shape index (κ3) is 6.57. The van der Waals surface area contributed by atoms with Crippen LogP contribution in [0.2, 0.25) is 0 Å². The molecule has 0 radical (unpaired) electrons. The van der Waals surface area contributed by atoms with Crippen molar-refractivity contribution in [1.82, 2.24) is 4.90 Å². The maximum atomic E-state index is 12.6. The molecule has 2 fully saturated rings. The van der Waals surface area contributed by atoms with Crippen LogP contribution in [0.15, 0.2) is 0 Å². The first kappa shape index (κ1) is 20.7. The van der Waals surface area contributed by atoms with Crippen LogP contribution in [0, 0.1) is 0 Å². The van der Waals surface area contributed by atoms with Gasteiger partial charge in [0.15, 0.2) is 0 Å². The molecule has 0 aromatic heterocycles. The van der Waals surface area contributed by atoms with Crippen molar-refractivity contribution in [2.75, 3.05) is 26.2 Å². The summed E-state index contributed by atoms with van der Waals surface area (Å²) in [5.74, 6) is 0.176. The van der Waals surface area contributed by atoms with Crippen LogP contribution >= 0.6 is 12.4 Å². The number of halogens is 1. The lowest BCUT2D eigenvalue weighted by Gasteiger charge is -2.34. The highest BCUT2D eigenvalue weighted by Gasteiger charge is 2.30. The molecule has 136 valence electrons. The van der Waals surface area contributed by atoms with E-state index in [1.807, 2.05) is 11.8 Å². The lowest BCUT2D eigenvalue weighted by atomic mass is 10.1. The molecule has 2 rings (SSSR count). The number of hydrogen-bond acceptors (Lipinski definition) is 4. The minimum Gasteiger partial charge on any atom is -0.378 e. The number of piperidine rings is 1. The molecular formula is C17H33ClN2O3. The van der Waals surface area contributed by atoms with Gasteiger partial charge in [-0.2, -0.15) is 0 Å². The van der Waals surface area contributed by atoms with E-state index >= 15 is 0 Å². The number of amides is 1. The zero-order chi connectivity index (χ0) is 15.8. The summed E-state index contributed by atoms with van der Waals surface area (Å²) in [5.41, 5.74) is 5.47. The van der Waals surface area contributed by atoms with Crippen LogP contribution in [0.25, 0.3) is 0 Å². The fourth-order valence-corrected chi connectivity index (χ4v) is 3.37. The van der Waals surface area contributed by atoms with E-state index in [0.29, 0.717) is 12.6 Å². The van der Waals surface area contributed by atoms with Crippen molar-refractivity contribution in [3.8, 4) is 0 Å². The van der Waals surface area contributed by atoms with Gasteiger partial charge in [-0.15, -0.1) is 12.4 Å². The number of nitrogens with zero attached hydrogens (tertiary/aromatic N) is 1. The fraction of sp³-hybridized carbons (Fsp3) is 0.941. The number of likely N-dealkylation sites (tertiary alicyclic amines) is 1. The number of ether oxygens (including phenoxy) is 2. The Morgan fingerprint density at radius 2 is 1.83 bits per heavy atom. The van der Waals surface area contributed by atoms with Gasteiger partial charge in [0.05, 0.1) is 12.2 Å². The molecule has 6 heteroatoms. The summed E-state index contributed by atoms with van der Waals surface area (Å²) in [6.45, 7) is 5.03.